The van der Waals surface area contributed by atoms with Crippen LogP contribution in [0.15, 0.2) is 0 Å². The number of rotatable bonds is 4. The van der Waals surface area contributed by atoms with Gasteiger partial charge >= 0.3 is 0 Å². The third-order valence-electron chi connectivity index (χ3n) is 4.22. The molecule has 0 aliphatic carbocycles. The molecular formula is C12H31Si3. The van der Waals surface area contributed by atoms with Crippen molar-refractivity contribution in [2.45, 2.75) is 69.6 Å². The maximum absolute atomic E-state index is 4.36. The fraction of sp³-hybridized carbons (Fsp3) is 0.917. The molecule has 91 valence electrons. The molecule has 0 fully saturated rings. The highest BCUT2D eigenvalue weighted by molar-refractivity contribution is 7.15. The molecule has 0 atom stereocenters. The maximum atomic E-state index is 4.36. The fourth-order valence-corrected chi connectivity index (χ4v) is 33.8. The molecule has 0 bridgehead atoms. The summed E-state index contributed by atoms with van der Waals surface area (Å²) in [7, 11) is -3.44. The minimum atomic E-state index is -1.15. The predicted octanol–water partition coefficient (Wildman–Crippen LogP) is 5.04. The molecule has 0 nitrogen and oxygen atoms in total. The van der Waals surface area contributed by atoms with Gasteiger partial charge in [0.25, 0.3) is 0 Å². The van der Waals surface area contributed by atoms with Gasteiger partial charge in [-0.1, -0.05) is 72.3 Å². The van der Waals surface area contributed by atoms with Crippen LogP contribution in [0.1, 0.15) is 6.42 Å². The molecule has 0 spiro atoms. The van der Waals surface area contributed by atoms with Crippen molar-refractivity contribution < 1.29 is 0 Å². The summed E-state index contributed by atoms with van der Waals surface area (Å²) in [5.74, 6) is 0. The predicted molar refractivity (Wildman–Crippen MR) is 82.7 cm³/mol. The molecule has 0 aliphatic rings. The van der Waals surface area contributed by atoms with E-state index >= 15 is 0 Å². The second kappa shape index (κ2) is 4.15. The van der Waals surface area contributed by atoms with E-state index < -0.39 is 24.2 Å². The summed E-state index contributed by atoms with van der Waals surface area (Å²) in [6.07, 6.45) is 1.17. The molecule has 0 saturated carbocycles. The molecule has 0 N–H and O–H groups in total. The monoisotopic (exact) mass is 259 g/mol. The molecule has 15 heavy (non-hydrogen) atoms. The Hall–Kier alpha value is 0.651. The zero-order valence-electron chi connectivity index (χ0n) is 12.4. The van der Waals surface area contributed by atoms with E-state index in [9.17, 15) is 0 Å². The lowest BCUT2D eigenvalue weighted by Gasteiger charge is -2.59. The van der Waals surface area contributed by atoms with Crippen LogP contribution < -0.4 is 0 Å². The van der Waals surface area contributed by atoms with E-state index in [0.717, 1.165) is 0 Å². The first-order valence-electron chi connectivity index (χ1n) is 6.10. The minimum Gasteiger partial charge on any atom is -0.0696 e. The maximum Gasteiger partial charge on any atom is 0.0452 e. The Balaban J connectivity index is 5.78. The molecule has 0 aromatic heterocycles. The lowest BCUT2D eigenvalue weighted by atomic mass is 10.5. The quantitative estimate of drug-likeness (QED) is 0.620. The summed E-state index contributed by atoms with van der Waals surface area (Å²) in [6.45, 7) is 27.4. The van der Waals surface area contributed by atoms with Gasteiger partial charge in [0, 0.05) is 24.2 Å². The minimum absolute atomic E-state index is 0.660. The van der Waals surface area contributed by atoms with E-state index in [0.29, 0.717) is 4.28 Å². The van der Waals surface area contributed by atoms with Crippen molar-refractivity contribution in [3.63, 3.8) is 0 Å². The molecule has 0 heterocycles. The van der Waals surface area contributed by atoms with Gasteiger partial charge in [-0.25, -0.2) is 0 Å². The van der Waals surface area contributed by atoms with Crippen molar-refractivity contribution in [3.05, 3.63) is 6.92 Å². The Bertz CT molecular complexity index is 176. The van der Waals surface area contributed by atoms with Crippen molar-refractivity contribution in [1.82, 2.24) is 0 Å². The van der Waals surface area contributed by atoms with Crippen LogP contribution in [0.4, 0.5) is 0 Å². The van der Waals surface area contributed by atoms with Gasteiger partial charge in [-0.3, -0.25) is 0 Å². The van der Waals surface area contributed by atoms with E-state index in [4.69, 9.17) is 0 Å². The van der Waals surface area contributed by atoms with E-state index in [2.05, 4.69) is 65.8 Å². The highest BCUT2D eigenvalue weighted by atomic mass is 28.5. The second-order valence-corrected chi connectivity index (χ2v) is 25.5. The summed E-state index contributed by atoms with van der Waals surface area (Å²) >= 11 is 0. The molecule has 0 rings (SSSR count). The second-order valence-electron chi connectivity index (χ2n) is 7.91. The van der Waals surface area contributed by atoms with Crippen LogP contribution in [0.3, 0.4) is 0 Å². The van der Waals surface area contributed by atoms with Gasteiger partial charge in [-0.05, 0) is 4.28 Å². The smallest absolute Gasteiger partial charge is 0.0452 e. The van der Waals surface area contributed by atoms with Gasteiger partial charge < -0.3 is 0 Å². The van der Waals surface area contributed by atoms with Crippen molar-refractivity contribution in [1.29, 1.82) is 0 Å². The Labute approximate surface area is 101 Å². The van der Waals surface area contributed by atoms with E-state index in [1.54, 1.807) is 0 Å². The Morgan fingerprint density at radius 1 is 0.667 bits per heavy atom. The van der Waals surface area contributed by atoms with Crippen LogP contribution in [0, 0.1) is 6.92 Å². The highest BCUT2D eigenvalue weighted by Gasteiger charge is 2.58. The van der Waals surface area contributed by atoms with E-state index in [1.807, 2.05) is 0 Å². The van der Waals surface area contributed by atoms with E-state index in [-0.39, 0.29) is 0 Å². The van der Waals surface area contributed by atoms with Crippen molar-refractivity contribution in [3.8, 4) is 0 Å². The van der Waals surface area contributed by atoms with E-state index in [1.165, 1.54) is 6.42 Å². The van der Waals surface area contributed by atoms with Gasteiger partial charge in [0.2, 0.25) is 0 Å². The van der Waals surface area contributed by atoms with Crippen LogP contribution in [0.2, 0.25) is 63.2 Å². The number of hydrogen-bond acceptors (Lipinski definition) is 0. The van der Waals surface area contributed by atoms with Crippen LogP contribution in [0.25, 0.3) is 0 Å². The SMILES string of the molecule is [CH2]CC([Si](C)(C)C)([Si](C)(C)C)[Si](C)(C)C. The van der Waals surface area contributed by atoms with Crippen LogP contribution in [0.5, 0.6) is 0 Å². The number of hydrogen-bond donors (Lipinski definition) is 0. The molecule has 1 radical (unpaired) electrons. The Morgan fingerprint density at radius 3 is 0.867 bits per heavy atom. The Kier molecular flexibility index (Phi) is 4.33. The van der Waals surface area contributed by atoms with Gasteiger partial charge in [0.05, 0.1) is 0 Å². The topological polar surface area (TPSA) is 0 Å². The average Bonchev–Trinajstić information content (AvgIpc) is 1.76. The lowest BCUT2D eigenvalue weighted by Crippen LogP contribution is -2.65. The molecule has 0 aliphatic heterocycles. The third-order valence-corrected chi connectivity index (χ3v) is 26.1. The first kappa shape index (κ1) is 15.7. The molecular weight excluding hydrogens is 228 g/mol. The van der Waals surface area contributed by atoms with Gasteiger partial charge in [-0.2, -0.15) is 0 Å². The largest absolute Gasteiger partial charge is 0.0696 e. The molecule has 0 saturated heterocycles. The molecule has 0 aromatic rings. The first-order chi connectivity index (χ1) is 6.31. The van der Waals surface area contributed by atoms with Crippen LogP contribution in [-0.2, 0) is 0 Å². The molecule has 0 unspecified atom stereocenters. The summed E-state index contributed by atoms with van der Waals surface area (Å²) in [5, 5.41) is 0. The fourth-order valence-electron chi connectivity index (χ4n) is 4.50. The van der Waals surface area contributed by atoms with Gasteiger partial charge in [-0.15, -0.1) is 0 Å². The standard InChI is InChI=1S/C12H31Si3/c1-11-12(13(2,3)4,14(5,6)7)15(8,9)10/h1,11H2,2-10H3. The Morgan fingerprint density at radius 2 is 0.867 bits per heavy atom. The summed E-state index contributed by atoms with van der Waals surface area (Å²) < 4.78 is 0.660. The lowest BCUT2D eigenvalue weighted by molar-refractivity contribution is 0.902. The average molecular weight is 260 g/mol. The summed E-state index contributed by atoms with van der Waals surface area (Å²) in [6, 6.07) is 0. The van der Waals surface area contributed by atoms with Gasteiger partial charge in [0.1, 0.15) is 0 Å². The first-order valence-corrected chi connectivity index (χ1v) is 16.6. The zero-order valence-corrected chi connectivity index (χ0v) is 15.4. The molecule has 0 amide bonds. The summed E-state index contributed by atoms with van der Waals surface area (Å²) in [4.78, 5) is 0. The molecule has 0 aromatic carbocycles. The summed E-state index contributed by atoms with van der Waals surface area (Å²) in [5.41, 5.74) is 0. The highest BCUT2D eigenvalue weighted by Crippen LogP contribution is 2.55. The van der Waals surface area contributed by atoms with Crippen LogP contribution in [-0.4, -0.2) is 24.2 Å². The van der Waals surface area contributed by atoms with Crippen molar-refractivity contribution in [2.24, 2.45) is 0 Å². The van der Waals surface area contributed by atoms with Crippen molar-refractivity contribution in [2.75, 3.05) is 0 Å². The van der Waals surface area contributed by atoms with Crippen molar-refractivity contribution >= 4 is 24.2 Å². The van der Waals surface area contributed by atoms with Crippen LogP contribution >= 0.6 is 0 Å². The van der Waals surface area contributed by atoms with Gasteiger partial charge in [0.15, 0.2) is 0 Å². The third kappa shape index (κ3) is 2.50. The molecule has 3 heteroatoms. The normalized spacial score (nSPS) is 15.6. The zero-order chi connectivity index (χ0) is 12.7.